The molecule has 150 valence electrons. The Hall–Kier alpha value is -3.40. The van der Waals surface area contributed by atoms with Crippen molar-refractivity contribution in [1.82, 2.24) is 14.8 Å². The van der Waals surface area contributed by atoms with E-state index in [1.54, 1.807) is 35.9 Å². The normalized spacial score (nSPS) is 10.6. The van der Waals surface area contributed by atoms with Gasteiger partial charge in [0.15, 0.2) is 11.0 Å². The van der Waals surface area contributed by atoms with Crippen LogP contribution in [0.5, 0.6) is 5.75 Å². The number of rotatable bonds is 8. The van der Waals surface area contributed by atoms with Gasteiger partial charge in [0.05, 0.1) is 17.0 Å². The molecule has 1 heterocycles. The van der Waals surface area contributed by atoms with Crippen molar-refractivity contribution >= 4 is 29.3 Å². The van der Waals surface area contributed by atoms with E-state index < -0.39 is 5.91 Å². The van der Waals surface area contributed by atoms with Crippen molar-refractivity contribution in [2.75, 3.05) is 11.1 Å². The smallest absolute Gasteiger partial charge is 0.250 e. The minimum Gasteiger partial charge on any atom is -0.486 e. The summed E-state index contributed by atoms with van der Waals surface area (Å²) in [5, 5.41) is 11.3. The minimum absolute atomic E-state index is 0.0673. The molecule has 0 saturated heterocycles. The van der Waals surface area contributed by atoms with E-state index in [4.69, 9.17) is 10.5 Å². The van der Waals surface area contributed by atoms with Gasteiger partial charge < -0.3 is 20.4 Å². The lowest BCUT2D eigenvalue weighted by Crippen LogP contribution is -2.19. The fraction of sp³-hybridized carbons (Fsp3) is 0.158. The van der Waals surface area contributed by atoms with E-state index in [2.05, 4.69) is 15.5 Å². The van der Waals surface area contributed by atoms with E-state index >= 15 is 0 Å². The average Bonchev–Trinajstić information content (AvgIpc) is 3.06. The maximum Gasteiger partial charge on any atom is 0.250 e. The Morgan fingerprint density at radius 1 is 1.17 bits per heavy atom. The first-order chi connectivity index (χ1) is 13.9. The van der Waals surface area contributed by atoms with Crippen LogP contribution < -0.4 is 15.8 Å². The average molecular weight is 415 g/mol. The third kappa shape index (κ3) is 5.32. The van der Waals surface area contributed by atoms with Crippen molar-refractivity contribution in [1.29, 1.82) is 0 Å². The lowest BCUT2D eigenvalue weighted by atomic mass is 10.1. The highest BCUT2D eigenvalue weighted by molar-refractivity contribution is 7.99. The van der Waals surface area contributed by atoms with Crippen LogP contribution in [0.3, 0.4) is 0 Å². The van der Waals surface area contributed by atoms with Gasteiger partial charge in [-0.05, 0) is 36.4 Å². The number of primary amides is 1. The van der Waals surface area contributed by atoms with Crippen LogP contribution in [0.2, 0.25) is 0 Å². The van der Waals surface area contributed by atoms with Gasteiger partial charge in [0, 0.05) is 7.05 Å². The number of benzene rings is 2. The molecule has 8 nitrogen and oxygen atoms in total. The van der Waals surface area contributed by atoms with Gasteiger partial charge in [-0.15, -0.1) is 10.2 Å². The maximum absolute atomic E-state index is 12.9. The van der Waals surface area contributed by atoms with E-state index in [0.29, 0.717) is 22.4 Å². The highest BCUT2D eigenvalue weighted by Crippen LogP contribution is 2.19. The molecule has 3 aromatic rings. The molecule has 0 aliphatic heterocycles. The number of halogens is 1. The Balaban J connectivity index is 1.55. The summed E-state index contributed by atoms with van der Waals surface area (Å²) in [4.78, 5) is 23.6. The summed E-state index contributed by atoms with van der Waals surface area (Å²) in [5.74, 6) is -0.139. The van der Waals surface area contributed by atoms with Crippen LogP contribution in [-0.4, -0.2) is 32.3 Å². The van der Waals surface area contributed by atoms with E-state index in [1.165, 1.54) is 36.0 Å². The molecule has 3 N–H and O–H groups in total. The number of hydrogen-bond acceptors (Lipinski definition) is 6. The highest BCUT2D eigenvalue weighted by atomic mass is 32.2. The Kier molecular flexibility index (Phi) is 6.45. The maximum atomic E-state index is 12.9. The number of carbonyl (C=O) groups is 2. The molecule has 2 aromatic carbocycles. The SMILES string of the molecule is Cn1c(COc2ccc(F)cc2)nnc1SCC(=O)Nc1ccccc1C(N)=O. The van der Waals surface area contributed by atoms with Crippen LogP contribution >= 0.6 is 11.8 Å². The topological polar surface area (TPSA) is 112 Å². The van der Waals surface area contributed by atoms with Gasteiger partial charge in [-0.1, -0.05) is 23.9 Å². The number of carbonyl (C=O) groups excluding carboxylic acids is 2. The number of nitrogens with two attached hydrogens (primary N) is 1. The molecule has 0 aliphatic rings. The number of nitrogens with one attached hydrogen (secondary N) is 1. The van der Waals surface area contributed by atoms with Crippen LogP contribution in [-0.2, 0) is 18.4 Å². The second-order valence-electron chi connectivity index (χ2n) is 5.95. The van der Waals surface area contributed by atoms with Crippen LogP contribution in [0, 0.1) is 5.82 Å². The Bertz CT molecular complexity index is 1020. The molecule has 1 aromatic heterocycles. The summed E-state index contributed by atoms with van der Waals surface area (Å²) < 4.78 is 20.2. The fourth-order valence-corrected chi connectivity index (χ4v) is 3.13. The summed E-state index contributed by atoms with van der Waals surface area (Å²) >= 11 is 1.19. The van der Waals surface area contributed by atoms with Gasteiger partial charge >= 0.3 is 0 Å². The molecule has 10 heteroatoms. The first-order valence-corrected chi connectivity index (χ1v) is 9.50. The number of thioether (sulfide) groups is 1. The fourth-order valence-electron chi connectivity index (χ4n) is 2.40. The zero-order valence-electron chi connectivity index (χ0n) is 15.5. The molecular weight excluding hydrogens is 397 g/mol. The van der Waals surface area contributed by atoms with Crippen molar-refractivity contribution < 1.29 is 18.7 Å². The first-order valence-electron chi connectivity index (χ1n) is 8.52. The number of para-hydroxylation sites is 1. The first kappa shape index (κ1) is 20.3. The van der Waals surface area contributed by atoms with Gasteiger partial charge in [-0.25, -0.2) is 4.39 Å². The Morgan fingerprint density at radius 3 is 2.62 bits per heavy atom. The summed E-state index contributed by atoms with van der Waals surface area (Å²) in [6.07, 6.45) is 0. The van der Waals surface area contributed by atoms with Crippen LogP contribution in [0.25, 0.3) is 0 Å². The molecule has 0 fully saturated rings. The van der Waals surface area contributed by atoms with E-state index in [-0.39, 0.29) is 29.6 Å². The largest absolute Gasteiger partial charge is 0.486 e. The van der Waals surface area contributed by atoms with Crippen LogP contribution in [0.1, 0.15) is 16.2 Å². The number of hydrogen-bond donors (Lipinski definition) is 2. The van der Waals surface area contributed by atoms with Crippen LogP contribution in [0.4, 0.5) is 10.1 Å². The van der Waals surface area contributed by atoms with E-state index in [9.17, 15) is 14.0 Å². The molecule has 2 amide bonds. The highest BCUT2D eigenvalue weighted by Gasteiger charge is 2.14. The molecule has 3 rings (SSSR count). The third-order valence-electron chi connectivity index (χ3n) is 3.91. The van der Waals surface area contributed by atoms with Crippen molar-refractivity contribution in [3.8, 4) is 5.75 Å². The second kappa shape index (κ2) is 9.20. The minimum atomic E-state index is -0.618. The molecular formula is C19H18FN5O3S. The molecule has 0 radical (unpaired) electrons. The quantitative estimate of drug-likeness (QED) is 0.546. The summed E-state index contributed by atoms with van der Waals surface area (Å²) in [6, 6.07) is 12.2. The van der Waals surface area contributed by atoms with E-state index in [1.807, 2.05) is 0 Å². The molecule has 0 unspecified atom stereocenters. The lowest BCUT2D eigenvalue weighted by molar-refractivity contribution is -0.113. The zero-order chi connectivity index (χ0) is 20.8. The molecule has 0 bridgehead atoms. The van der Waals surface area contributed by atoms with Crippen molar-refractivity contribution in [3.05, 3.63) is 65.7 Å². The number of anilines is 1. The van der Waals surface area contributed by atoms with E-state index in [0.717, 1.165) is 0 Å². The Labute approximate surface area is 170 Å². The monoisotopic (exact) mass is 415 g/mol. The summed E-state index contributed by atoms with van der Waals surface area (Å²) in [6.45, 7) is 0.147. The predicted octanol–water partition coefficient (Wildman–Crippen LogP) is 2.36. The van der Waals surface area contributed by atoms with Crippen molar-refractivity contribution in [2.24, 2.45) is 12.8 Å². The summed E-state index contributed by atoms with van der Waals surface area (Å²) in [5.41, 5.74) is 5.91. The van der Waals surface area contributed by atoms with Gasteiger partial charge in [0.1, 0.15) is 18.2 Å². The Morgan fingerprint density at radius 2 is 1.90 bits per heavy atom. The van der Waals surface area contributed by atoms with Crippen molar-refractivity contribution in [3.63, 3.8) is 0 Å². The number of nitrogens with zero attached hydrogens (tertiary/aromatic N) is 3. The van der Waals surface area contributed by atoms with Crippen molar-refractivity contribution in [2.45, 2.75) is 11.8 Å². The van der Waals surface area contributed by atoms with Gasteiger partial charge in [0.2, 0.25) is 5.91 Å². The molecule has 29 heavy (non-hydrogen) atoms. The molecule has 0 atom stereocenters. The van der Waals surface area contributed by atoms with Gasteiger partial charge in [-0.2, -0.15) is 0 Å². The number of aromatic nitrogens is 3. The number of ether oxygens (including phenoxy) is 1. The molecule has 0 spiro atoms. The second-order valence-corrected chi connectivity index (χ2v) is 6.89. The zero-order valence-corrected chi connectivity index (χ0v) is 16.3. The standard InChI is InChI=1S/C19H18FN5O3S/c1-25-16(10-28-13-8-6-12(20)7-9-13)23-24-19(25)29-11-17(26)22-15-5-3-2-4-14(15)18(21)27/h2-9H,10-11H2,1H3,(H2,21,27)(H,22,26). The third-order valence-corrected chi connectivity index (χ3v) is 4.93. The lowest BCUT2D eigenvalue weighted by Gasteiger charge is -2.09. The van der Waals surface area contributed by atoms with Gasteiger partial charge in [-0.3, -0.25) is 9.59 Å². The molecule has 0 saturated carbocycles. The predicted molar refractivity (Wildman–Crippen MR) is 106 cm³/mol. The van der Waals surface area contributed by atoms with Crippen LogP contribution in [0.15, 0.2) is 53.7 Å². The number of amides is 2. The van der Waals surface area contributed by atoms with Gasteiger partial charge in [0.25, 0.3) is 5.91 Å². The molecule has 0 aliphatic carbocycles. The summed E-state index contributed by atoms with van der Waals surface area (Å²) in [7, 11) is 1.76.